The van der Waals surface area contributed by atoms with Crippen LogP contribution in [0.2, 0.25) is 0 Å². The van der Waals surface area contributed by atoms with Crippen LogP contribution in [0.15, 0.2) is 47.4 Å². The quantitative estimate of drug-likeness (QED) is 0.527. The van der Waals surface area contributed by atoms with Crippen LogP contribution >= 0.6 is 0 Å². The van der Waals surface area contributed by atoms with Gasteiger partial charge in [-0.3, -0.25) is 4.79 Å². The number of esters is 1. The van der Waals surface area contributed by atoms with E-state index in [9.17, 15) is 22.4 Å². The highest BCUT2D eigenvalue weighted by molar-refractivity contribution is 7.89. The molecule has 0 bridgehead atoms. The van der Waals surface area contributed by atoms with E-state index in [0.29, 0.717) is 0 Å². The zero-order valence-corrected chi connectivity index (χ0v) is 15.7. The van der Waals surface area contributed by atoms with Crippen molar-refractivity contribution >= 4 is 21.8 Å². The largest absolute Gasteiger partial charge is 0.494 e. The minimum absolute atomic E-state index is 0.00342. The summed E-state index contributed by atoms with van der Waals surface area (Å²) in [6, 6.07) is 8.77. The Morgan fingerprint density at radius 3 is 2.15 bits per heavy atom. The first-order valence-corrected chi connectivity index (χ1v) is 9.17. The van der Waals surface area contributed by atoms with Gasteiger partial charge in [-0.1, -0.05) is 0 Å². The van der Waals surface area contributed by atoms with Crippen molar-refractivity contribution in [3.05, 3.63) is 59.4 Å². The van der Waals surface area contributed by atoms with E-state index in [4.69, 9.17) is 9.47 Å². The van der Waals surface area contributed by atoms with Gasteiger partial charge in [0.2, 0.25) is 10.0 Å². The minimum atomic E-state index is -3.61. The van der Waals surface area contributed by atoms with E-state index in [2.05, 4.69) is 0 Å². The van der Waals surface area contributed by atoms with Gasteiger partial charge in [-0.15, -0.1) is 0 Å². The molecule has 0 radical (unpaired) electrons. The molecular weight excluding hydrogens is 377 g/mol. The molecule has 0 heterocycles. The fourth-order valence-electron chi connectivity index (χ4n) is 2.11. The zero-order valence-electron chi connectivity index (χ0n) is 14.9. The minimum Gasteiger partial charge on any atom is -0.494 e. The van der Waals surface area contributed by atoms with E-state index >= 15 is 0 Å². The van der Waals surface area contributed by atoms with Gasteiger partial charge in [-0.2, -0.15) is 0 Å². The van der Waals surface area contributed by atoms with E-state index in [1.54, 1.807) is 0 Å². The van der Waals surface area contributed by atoms with E-state index in [1.807, 2.05) is 0 Å². The third-order valence-electron chi connectivity index (χ3n) is 3.68. The summed E-state index contributed by atoms with van der Waals surface area (Å²) in [5.74, 6) is -2.09. The Hall–Kier alpha value is -2.78. The highest BCUT2D eigenvalue weighted by Gasteiger charge is 2.18. The van der Waals surface area contributed by atoms with Crippen molar-refractivity contribution < 1.29 is 31.9 Å². The third kappa shape index (κ3) is 4.69. The molecule has 0 atom stereocenters. The Morgan fingerprint density at radius 2 is 1.63 bits per heavy atom. The lowest BCUT2D eigenvalue weighted by atomic mass is 10.1. The van der Waals surface area contributed by atoms with E-state index in [0.717, 1.165) is 10.4 Å². The van der Waals surface area contributed by atoms with Crippen LogP contribution in [0.25, 0.3) is 0 Å². The lowest BCUT2D eigenvalue weighted by Crippen LogP contribution is -2.22. The first-order chi connectivity index (χ1) is 12.7. The molecule has 0 aliphatic heterocycles. The number of nitrogens with zero attached hydrogens (tertiary/aromatic N) is 1. The number of carbonyl (C=O) groups is 2. The number of carbonyl (C=O) groups excluding carboxylic acids is 2. The van der Waals surface area contributed by atoms with Gasteiger partial charge >= 0.3 is 5.97 Å². The number of hydrogen-bond acceptors (Lipinski definition) is 6. The number of methoxy groups -OCH3 is 1. The number of Topliss-reactive ketones (excluding diaryl/α,β-unsaturated/α-hetero) is 1. The summed E-state index contributed by atoms with van der Waals surface area (Å²) in [5.41, 5.74) is 0.120. The van der Waals surface area contributed by atoms with Crippen LogP contribution in [0.1, 0.15) is 20.7 Å². The number of hydrogen-bond donors (Lipinski definition) is 0. The van der Waals surface area contributed by atoms with Gasteiger partial charge in [-0.05, 0) is 42.5 Å². The van der Waals surface area contributed by atoms with Gasteiger partial charge < -0.3 is 9.47 Å². The van der Waals surface area contributed by atoms with Gasteiger partial charge in [0.05, 0.1) is 17.6 Å². The molecule has 0 aromatic heterocycles. The molecule has 0 fully saturated rings. The number of rotatable bonds is 7. The monoisotopic (exact) mass is 395 g/mol. The molecule has 2 aromatic rings. The molecule has 0 aliphatic carbocycles. The number of ketones is 1. The fraction of sp³-hybridized carbons (Fsp3) is 0.222. The SMILES string of the molecule is COc1ccc(C(=O)COC(=O)c2ccc(S(=O)(=O)N(C)C)cc2)cc1F. The summed E-state index contributed by atoms with van der Waals surface area (Å²) in [5, 5.41) is 0. The molecule has 0 saturated heterocycles. The lowest BCUT2D eigenvalue weighted by molar-refractivity contribution is 0.0474. The van der Waals surface area contributed by atoms with Crippen molar-refractivity contribution in [2.24, 2.45) is 0 Å². The second-order valence-electron chi connectivity index (χ2n) is 5.66. The maximum Gasteiger partial charge on any atom is 0.338 e. The summed E-state index contributed by atoms with van der Waals surface area (Å²) in [6.45, 7) is -0.581. The topological polar surface area (TPSA) is 90.0 Å². The van der Waals surface area contributed by atoms with Crippen molar-refractivity contribution in [2.45, 2.75) is 4.90 Å². The Balaban J connectivity index is 2.03. The van der Waals surface area contributed by atoms with E-state index in [1.165, 1.54) is 57.6 Å². The fourth-order valence-corrected chi connectivity index (χ4v) is 3.01. The first kappa shape index (κ1) is 20.5. The summed E-state index contributed by atoms with van der Waals surface area (Å²) in [7, 11) is 0.481. The highest BCUT2D eigenvalue weighted by Crippen LogP contribution is 2.18. The maximum absolute atomic E-state index is 13.6. The summed E-state index contributed by atoms with van der Waals surface area (Å²) >= 11 is 0. The van der Waals surface area contributed by atoms with Crippen LogP contribution in [0, 0.1) is 5.82 Å². The zero-order chi connectivity index (χ0) is 20.2. The van der Waals surface area contributed by atoms with Crippen LogP contribution in [0.5, 0.6) is 5.75 Å². The molecule has 2 aromatic carbocycles. The molecule has 27 heavy (non-hydrogen) atoms. The molecule has 0 spiro atoms. The molecule has 0 amide bonds. The van der Waals surface area contributed by atoms with E-state index < -0.39 is 34.2 Å². The third-order valence-corrected chi connectivity index (χ3v) is 5.51. The van der Waals surface area contributed by atoms with Crippen molar-refractivity contribution in [1.29, 1.82) is 0 Å². The Kier molecular flexibility index (Phi) is 6.29. The van der Waals surface area contributed by atoms with Gasteiger partial charge in [-0.25, -0.2) is 21.9 Å². The summed E-state index contributed by atoms with van der Waals surface area (Å²) in [4.78, 5) is 24.1. The van der Waals surface area contributed by atoms with Gasteiger partial charge in [0.1, 0.15) is 0 Å². The molecular formula is C18H18FNO6S. The van der Waals surface area contributed by atoms with Gasteiger partial charge in [0, 0.05) is 19.7 Å². The Bertz CT molecular complexity index is 954. The Morgan fingerprint density at radius 1 is 1.04 bits per heavy atom. The van der Waals surface area contributed by atoms with E-state index in [-0.39, 0.29) is 21.8 Å². The van der Waals surface area contributed by atoms with Crippen LogP contribution in [0.3, 0.4) is 0 Å². The predicted molar refractivity (Wildman–Crippen MR) is 94.9 cm³/mol. The number of halogens is 1. The molecule has 0 N–H and O–H groups in total. The second-order valence-corrected chi connectivity index (χ2v) is 7.81. The van der Waals surface area contributed by atoms with Gasteiger partial charge in [0.15, 0.2) is 24.0 Å². The summed E-state index contributed by atoms with van der Waals surface area (Å²) < 4.78 is 48.3. The molecule has 0 saturated carbocycles. The smallest absolute Gasteiger partial charge is 0.338 e. The summed E-state index contributed by atoms with van der Waals surface area (Å²) in [6.07, 6.45) is 0. The standard InChI is InChI=1S/C18H18FNO6S/c1-20(2)27(23,24)14-7-4-12(5-8-14)18(22)26-11-16(21)13-6-9-17(25-3)15(19)10-13/h4-10H,11H2,1-3H3. The maximum atomic E-state index is 13.6. The highest BCUT2D eigenvalue weighted by atomic mass is 32.2. The average molecular weight is 395 g/mol. The molecule has 2 rings (SSSR count). The molecule has 0 unspecified atom stereocenters. The molecule has 7 nitrogen and oxygen atoms in total. The first-order valence-electron chi connectivity index (χ1n) is 7.73. The number of sulfonamides is 1. The second kappa shape index (κ2) is 8.28. The van der Waals surface area contributed by atoms with Crippen molar-refractivity contribution in [3.63, 3.8) is 0 Å². The van der Waals surface area contributed by atoms with Crippen LogP contribution in [-0.4, -0.2) is 52.3 Å². The van der Waals surface area contributed by atoms with Crippen molar-refractivity contribution in [1.82, 2.24) is 4.31 Å². The normalized spacial score (nSPS) is 11.3. The van der Waals surface area contributed by atoms with Crippen LogP contribution in [0.4, 0.5) is 4.39 Å². The molecule has 9 heteroatoms. The van der Waals surface area contributed by atoms with Crippen LogP contribution in [-0.2, 0) is 14.8 Å². The molecule has 0 aliphatic rings. The number of ether oxygens (including phenoxy) is 2. The van der Waals surface area contributed by atoms with Gasteiger partial charge in [0.25, 0.3) is 0 Å². The number of benzene rings is 2. The molecule has 144 valence electrons. The lowest BCUT2D eigenvalue weighted by Gasteiger charge is -2.11. The predicted octanol–water partition coefficient (Wildman–Crippen LogP) is 2.12. The average Bonchev–Trinajstić information content (AvgIpc) is 2.65. The Labute approximate surface area is 156 Å². The van der Waals surface area contributed by atoms with Crippen LogP contribution < -0.4 is 4.74 Å². The van der Waals surface area contributed by atoms with Crippen molar-refractivity contribution in [2.75, 3.05) is 27.8 Å². The van der Waals surface area contributed by atoms with Crippen molar-refractivity contribution in [3.8, 4) is 5.75 Å².